The zero-order valence-corrected chi connectivity index (χ0v) is 13.2. The first-order valence-electron chi connectivity index (χ1n) is 6.83. The fourth-order valence-electron chi connectivity index (χ4n) is 2.41. The highest BCUT2D eigenvalue weighted by atomic mass is 35.5. The molecule has 0 radical (unpaired) electrons. The van der Waals surface area contributed by atoms with Gasteiger partial charge in [0, 0.05) is 51.9 Å². The Labute approximate surface area is 127 Å². The van der Waals surface area contributed by atoms with Crippen molar-refractivity contribution in [2.24, 2.45) is 0 Å². The Hall–Kier alpha value is -1.10. The number of halogens is 1. The second kappa shape index (κ2) is 7.62. The van der Waals surface area contributed by atoms with E-state index < -0.39 is 0 Å². The normalized spacial score (nSPS) is 19.2. The molecule has 1 aliphatic rings. The van der Waals surface area contributed by atoms with Gasteiger partial charge in [0.25, 0.3) is 5.91 Å². The van der Waals surface area contributed by atoms with Gasteiger partial charge in [0.2, 0.25) is 0 Å². The van der Waals surface area contributed by atoms with Crippen LogP contribution in [0.4, 0.5) is 0 Å². The molecule has 0 saturated carbocycles. The van der Waals surface area contributed by atoms with Gasteiger partial charge in [-0.1, -0.05) is 12.1 Å². The van der Waals surface area contributed by atoms with Gasteiger partial charge in [0.1, 0.15) is 0 Å². The van der Waals surface area contributed by atoms with Crippen LogP contribution in [0.5, 0.6) is 0 Å². The van der Waals surface area contributed by atoms with Crippen LogP contribution in [0.2, 0.25) is 0 Å². The van der Waals surface area contributed by atoms with E-state index in [2.05, 4.69) is 23.2 Å². The number of rotatable bonds is 3. The van der Waals surface area contributed by atoms with Gasteiger partial charge in [-0.2, -0.15) is 0 Å². The molecule has 1 aromatic carbocycles. The van der Waals surface area contributed by atoms with E-state index in [0.29, 0.717) is 6.04 Å². The van der Waals surface area contributed by atoms with Gasteiger partial charge >= 0.3 is 0 Å². The lowest BCUT2D eigenvalue weighted by atomic mass is 10.1. The van der Waals surface area contributed by atoms with Gasteiger partial charge in [0.15, 0.2) is 0 Å². The molecule has 112 valence electrons. The molecule has 1 N–H and O–H groups in total. The quantitative estimate of drug-likeness (QED) is 0.921. The fourth-order valence-corrected chi connectivity index (χ4v) is 2.41. The highest BCUT2D eigenvalue weighted by Crippen LogP contribution is 2.12. The van der Waals surface area contributed by atoms with Gasteiger partial charge in [-0.05, 0) is 24.6 Å². The van der Waals surface area contributed by atoms with Crippen LogP contribution in [0.25, 0.3) is 0 Å². The standard InChI is InChI=1S/C15H23N3O.ClH/c1-12-10-16-7-8-18(12)11-13-5-4-6-14(9-13)15(19)17(2)3;/h4-6,9,12,16H,7-8,10-11H2,1-3H3;1H/t12-;/m1./s1. The summed E-state index contributed by atoms with van der Waals surface area (Å²) < 4.78 is 0. The number of amides is 1. The Morgan fingerprint density at radius 3 is 2.85 bits per heavy atom. The topological polar surface area (TPSA) is 35.6 Å². The summed E-state index contributed by atoms with van der Waals surface area (Å²) in [5, 5.41) is 3.39. The number of nitrogens with one attached hydrogen (secondary N) is 1. The minimum absolute atomic E-state index is 0. The van der Waals surface area contributed by atoms with Crippen LogP contribution in [0.1, 0.15) is 22.8 Å². The van der Waals surface area contributed by atoms with Crippen molar-refractivity contribution in [1.82, 2.24) is 15.1 Å². The molecule has 0 unspecified atom stereocenters. The molecule has 0 aliphatic carbocycles. The van der Waals surface area contributed by atoms with Crippen molar-refractivity contribution in [1.29, 1.82) is 0 Å². The van der Waals surface area contributed by atoms with Crippen molar-refractivity contribution < 1.29 is 4.79 Å². The highest BCUT2D eigenvalue weighted by Gasteiger charge is 2.18. The van der Waals surface area contributed by atoms with Crippen molar-refractivity contribution in [3.8, 4) is 0 Å². The molecule has 1 aliphatic heterocycles. The lowest BCUT2D eigenvalue weighted by molar-refractivity contribution is 0.0827. The molecule has 2 rings (SSSR count). The third kappa shape index (κ3) is 4.20. The molecule has 4 nitrogen and oxygen atoms in total. The summed E-state index contributed by atoms with van der Waals surface area (Å²) in [6, 6.07) is 8.51. The second-order valence-corrected chi connectivity index (χ2v) is 5.42. The van der Waals surface area contributed by atoms with E-state index in [4.69, 9.17) is 0 Å². The zero-order valence-electron chi connectivity index (χ0n) is 12.4. The Morgan fingerprint density at radius 2 is 2.20 bits per heavy atom. The van der Waals surface area contributed by atoms with E-state index in [9.17, 15) is 4.79 Å². The van der Waals surface area contributed by atoms with Crippen molar-refractivity contribution in [2.45, 2.75) is 19.5 Å². The highest BCUT2D eigenvalue weighted by molar-refractivity contribution is 5.94. The first kappa shape index (κ1) is 17.0. The monoisotopic (exact) mass is 297 g/mol. The molecular weight excluding hydrogens is 274 g/mol. The molecule has 1 fully saturated rings. The predicted octanol–water partition coefficient (Wildman–Crippen LogP) is 1.60. The number of carbonyl (C=O) groups excluding carboxylic acids is 1. The summed E-state index contributed by atoms with van der Waals surface area (Å²) >= 11 is 0. The van der Waals surface area contributed by atoms with Gasteiger partial charge in [-0.3, -0.25) is 9.69 Å². The molecular formula is C15H24ClN3O. The minimum atomic E-state index is 0. The summed E-state index contributed by atoms with van der Waals surface area (Å²) in [7, 11) is 3.57. The third-order valence-corrected chi connectivity index (χ3v) is 3.60. The maximum Gasteiger partial charge on any atom is 0.253 e. The van der Waals surface area contributed by atoms with Crippen LogP contribution >= 0.6 is 12.4 Å². The zero-order chi connectivity index (χ0) is 13.8. The summed E-state index contributed by atoms with van der Waals surface area (Å²) in [6.07, 6.45) is 0. The minimum Gasteiger partial charge on any atom is -0.345 e. The number of hydrogen-bond acceptors (Lipinski definition) is 3. The van der Waals surface area contributed by atoms with Crippen LogP contribution in [0, 0.1) is 0 Å². The lowest BCUT2D eigenvalue weighted by Gasteiger charge is -2.34. The third-order valence-electron chi connectivity index (χ3n) is 3.60. The number of carbonyl (C=O) groups is 1. The molecule has 1 saturated heterocycles. The molecule has 1 amide bonds. The van der Waals surface area contributed by atoms with E-state index in [1.807, 2.05) is 18.2 Å². The predicted molar refractivity (Wildman–Crippen MR) is 84.4 cm³/mol. The van der Waals surface area contributed by atoms with Gasteiger partial charge in [0.05, 0.1) is 0 Å². The van der Waals surface area contributed by atoms with E-state index in [1.54, 1.807) is 19.0 Å². The van der Waals surface area contributed by atoms with E-state index in [-0.39, 0.29) is 18.3 Å². The Balaban J connectivity index is 0.00000200. The maximum absolute atomic E-state index is 12.0. The van der Waals surface area contributed by atoms with Crippen molar-refractivity contribution >= 4 is 18.3 Å². The van der Waals surface area contributed by atoms with E-state index in [0.717, 1.165) is 31.7 Å². The molecule has 5 heteroatoms. The van der Waals surface area contributed by atoms with Gasteiger partial charge < -0.3 is 10.2 Å². The van der Waals surface area contributed by atoms with E-state index >= 15 is 0 Å². The van der Waals surface area contributed by atoms with Crippen molar-refractivity contribution in [2.75, 3.05) is 33.7 Å². The Morgan fingerprint density at radius 1 is 1.45 bits per heavy atom. The molecule has 20 heavy (non-hydrogen) atoms. The number of piperazine rings is 1. The number of benzene rings is 1. The summed E-state index contributed by atoms with van der Waals surface area (Å²) in [5.41, 5.74) is 1.98. The van der Waals surface area contributed by atoms with Crippen LogP contribution in [-0.2, 0) is 6.54 Å². The Bertz CT molecular complexity index is 450. The SMILES string of the molecule is C[C@@H]1CNCCN1Cc1cccc(C(=O)N(C)C)c1.Cl. The molecule has 1 aromatic rings. The molecule has 0 spiro atoms. The average molecular weight is 298 g/mol. The molecule has 1 heterocycles. The van der Waals surface area contributed by atoms with E-state index in [1.165, 1.54) is 5.56 Å². The lowest BCUT2D eigenvalue weighted by Crippen LogP contribution is -2.49. The van der Waals surface area contributed by atoms with Crippen LogP contribution in [0.3, 0.4) is 0 Å². The first-order valence-corrected chi connectivity index (χ1v) is 6.83. The van der Waals surface area contributed by atoms with Gasteiger partial charge in [-0.25, -0.2) is 0 Å². The second-order valence-electron chi connectivity index (χ2n) is 5.42. The largest absolute Gasteiger partial charge is 0.345 e. The maximum atomic E-state index is 12.0. The summed E-state index contributed by atoms with van der Waals surface area (Å²) in [5.74, 6) is 0.0650. The fraction of sp³-hybridized carbons (Fsp3) is 0.533. The summed E-state index contributed by atoms with van der Waals surface area (Å²) in [4.78, 5) is 16.0. The van der Waals surface area contributed by atoms with Crippen molar-refractivity contribution in [3.63, 3.8) is 0 Å². The molecule has 1 atom stereocenters. The van der Waals surface area contributed by atoms with Crippen LogP contribution < -0.4 is 5.32 Å². The number of hydrogen-bond donors (Lipinski definition) is 1. The van der Waals surface area contributed by atoms with Crippen LogP contribution in [0.15, 0.2) is 24.3 Å². The van der Waals surface area contributed by atoms with Gasteiger partial charge in [-0.15, -0.1) is 12.4 Å². The number of nitrogens with zero attached hydrogens (tertiary/aromatic N) is 2. The first-order chi connectivity index (χ1) is 9.08. The summed E-state index contributed by atoms with van der Waals surface area (Å²) in [6.45, 7) is 6.29. The molecule has 0 bridgehead atoms. The van der Waals surface area contributed by atoms with Crippen LogP contribution in [-0.4, -0.2) is 55.5 Å². The van der Waals surface area contributed by atoms with Crippen molar-refractivity contribution in [3.05, 3.63) is 35.4 Å². The Kier molecular flexibility index (Phi) is 6.46. The smallest absolute Gasteiger partial charge is 0.253 e. The molecule has 0 aromatic heterocycles. The average Bonchev–Trinajstić information content (AvgIpc) is 2.41.